The van der Waals surface area contributed by atoms with Gasteiger partial charge in [-0.2, -0.15) is 0 Å². The van der Waals surface area contributed by atoms with E-state index in [9.17, 15) is 14.7 Å². The molecule has 162 valence electrons. The molecule has 1 heterocycles. The third-order valence-electron chi connectivity index (χ3n) is 4.38. The average molecular weight is 409 g/mol. The van der Waals surface area contributed by atoms with Gasteiger partial charge in [0.05, 0.1) is 19.3 Å². The standard InChI is InChI=1S/C20H31N3O6/c1-22(2)20(26)29-18-8-6-17(7-9-18)28-15-16(24)5-3-4-10-21-19(25)23-11-13-27-14-12-23/h6-9,16,24H,3-5,10-15H2,1-2H3,(H,21,25)/t16-/m0/s1. The minimum Gasteiger partial charge on any atom is -0.491 e. The minimum atomic E-state index is -0.587. The first kappa shape index (κ1) is 22.8. The maximum atomic E-state index is 11.9. The fourth-order valence-electron chi connectivity index (χ4n) is 2.65. The molecule has 3 amide bonds. The topological polar surface area (TPSA) is 101 Å². The van der Waals surface area contributed by atoms with Gasteiger partial charge < -0.3 is 34.4 Å². The summed E-state index contributed by atoms with van der Waals surface area (Å²) in [5, 5.41) is 12.9. The van der Waals surface area contributed by atoms with Crippen LogP contribution < -0.4 is 14.8 Å². The van der Waals surface area contributed by atoms with Crippen molar-refractivity contribution in [3.63, 3.8) is 0 Å². The van der Waals surface area contributed by atoms with E-state index in [4.69, 9.17) is 14.2 Å². The van der Waals surface area contributed by atoms with Gasteiger partial charge >= 0.3 is 12.1 Å². The van der Waals surface area contributed by atoms with Crippen LogP contribution in [-0.2, 0) is 4.74 Å². The fourth-order valence-corrected chi connectivity index (χ4v) is 2.65. The molecule has 9 heteroatoms. The Labute approximate surface area is 171 Å². The van der Waals surface area contributed by atoms with Crippen molar-refractivity contribution in [3.8, 4) is 11.5 Å². The first-order chi connectivity index (χ1) is 14.0. The molecule has 0 radical (unpaired) electrons. The van der Waals surface area contributed by atoms with Crippen LogP contribution in [0.1, 0.15) is 19.3 Å². The summed E-state index contributed by atoms with van der Waals surface area (Å²) in [5.41, 5.74) is 0. The van der Waals surface area contributed by atoms with Crippen molar-refractivity contribution in [2.45, 2.75) is 25.4 Å². The van der Waals surface area contributed by atoms with Crippen LogP contribution in [0, 0.1) is 0 Å². The van der Waals surface area contributed by atoms with Crippen molar-refractivity contribution < 1.29 is 28.9 Å². The molecular weight excluding hydrogens is 378 g/mol. The predicted molar refractivity (Wildman–Crippen MR) is 107 cm³/mol. The molecule has 0 aromatic heterocycles. The summed E-state index contributed by atoms with van der Waals surface area (Å²) in [6, 6.07) is 6.59. The van der Waals surface area contributed by atoms with E-state index in [-0.39, 0.29) is 12.6 Å². The Kier molecular flexibility index (Phi) is 9.52. The molecule has 2 rings (SSSR count). The largest absolute Gasteiger partial charge is 0.491 e. The summed E-state index contributed by atoms with van der Waals surface area (Å²) < 4.78 is 15.9. The van der Waals surface area contributed by atoms with Crippen molar-refractivity contribution in [1.29, 1.82) is 0 Å². The summed E-state index contributed by atoms with van der Waals surface area (Å²) in [7, 11) is 3.22. The number of aliphatic hydroxyl groups is 1. The molecule has 1 aromatic rings. The van der Waals surface area contributed by atoms with Gasteiger partial charge in [-0.15, -0.1) is 0 Å². The van der Waals surface area contributed by atoms with E-state index >= 15 is 0 Å². The lowest BCUT2D eigenvalue weighted by Crippen LogP contribution is -2.46. The number of hydrogen-bond acceptors (Lipinski definition) is 6. The van der Waals surface area contributed by atoms with Gasteiger partial charge in [-0.3, -0.25) is 0 Å². The number of carbonyl (C=O) groups excluding carboxylic acids is 2. The van der Waals surface area contributed by atoms with E-state index < -0.39 is 12.2 Å². The Morgan fingerprint density at radius 3 is 2.48 bits per heavy atom. The van der Waals surface area contributed by atoms with Gasteiger partial charge in [-0.25, -0.2) is 9.59 Å². The lowest BCUT2D eigenvalue weighted by Gasteiger charge is -2.26. The second-order valence-corrected chi connectivity index (χ2v) is 7.03. The number of hydrogen-bond donors (Lipinski definition) is 2. The molecule has 9 nitrogen and oxygen atoms in total. The molecule has 1 aromatic carbocycles. The number of nitrogens with zero attached hydrogens (tertiary/aromatic N) is 2. The van der Waals surface area contributed by atoms with Gasteiger partial charge in [0, 0.05) is 33.7 Å². The van der Waals surface area contributed by atoms with Crippen LogP contribution in [0.3, 0.4) is 0 Å². The number of urea groups is 1. The van der Waals surface area contributed by atoms with Gasteiger partial charge in [0.1, 0.15) is 18.1 Å². The summed E-state index contributed by atoms with van der Waals surface area (Å²) in [6.07, 6.45) is 1.13. The minimum absolute atomic E-state index is 0.0584. The maximum absolute atomic E-state index is 11.9. The number of unbranched alkanes of at least 4 members (excludes halogenated alkanes) is 1. The Hall–Kier alpha value is -2.52. The van der Waals surface area contributed by atoms with Crippen molar-refractivity contribution in [3.05, 3.63) is 24.3 Å². The molecule has 0 aliphatic carbocycles. The molecule has 0 saturated carbocycles. The van der Waals surface area contributed by atoms with Crippen LogP contribution in [-0.4, -0.2) is 86.7 Å². The van der Waals surface area contributed by atoms with Crippen molar-refractivity contribution >= 4 is 12.1 Å². The maximum Gasteiger partial charge on any atom is 0.414 e. The van der Waals surface area contributed by atoms with Gasteiger partial charge in [-0.05, 0) is 43.5 Å². The van der Waals surface area contributed by atoms with Crippen molar-refractivity contribution in [2.75, 3.05) is 53.6 Å². The molecule has 1 atom stereocenters. The van der Waals surface area contributed by atoms with Crippen LogP contribution in [0.15, 0.2) is 24.3 Å². The predicted octanol–water partition coefficient (Wildman–Crippen LogP) is 1.70. The first-order valence-corrected chi connectivity index (χ1v) is 9.86. The second-order valence-electron chi connectivity index (χ2n) is 7.03. The lowest BCUT2D eigenvalue weighted by atomic mass is 10.1. The third-order valence-corrected chi connectivity index (χ3v) is 4.38. The monoisotopic (exact) mass is 409 g/mol. The van der Waals surface area contributed by atoms with Crippen molar-refractivity contribution in [2.24, 2.45) is 0 Å². The number of nitrogens with one attached hydrogen (secondary N) is 1. The summed E-state index contributed by atoms with van der Waals surface area (Å²) in [4.78, 5) is 26.5. The zero-order valence-corrected chi connectivity index (χ0v) is 17.1. The third kappa shape index (κ3) is 8.57. The lowest BCUT2D eigenvalue weighted by molar-refractivity contribution is 0.0532. The number of aliphatic hydroxyl groups excluding tert-OH is 1. The van der Waals surface area contributed by atoms with E-state index in [1.807, 2.05) is 0 Å². The Bertz CT molecular complexity index is 632. The van der Waals surface area contributed by atoms with Gasteiger partial charge in [0.25, 0.3) is 0 Å². The first-order valence-electron chi connectivity index (χ1n) is 9.86. The molecule has 1 saturated heterocycles. The Balaban J connectivity index is 1.55. The number of carbonyl (C=O) groups is 2. The van der Waals surface area contributed by atoms with Crippen LogP contribution in [0.4, 0.5) is 9.59 Å². The van der Waals surface area contributed by atoms with Gasteiger partial charge in [0.15, 0.2) is 0 Å². The van der Waals surface area contributed by atoms with Crippen molar-refractivity contribution in [1.82, 2.24) is 15.1 Å². The molecule has 29 heavy (non-hydrogen) atoms. The summed E-state index contributed by atoms with van der Waals surface area (Å²) in [6.45, 7) is 3.18. The zero-order chi connectivity index (χ0) is 21.1. The van der Waals surface area contributed by atoms with E-state index in [0.717, 1.165) is 12.8 Å². The van der Waals surface area contributed by atoms with Crippen LogP contribution in [0.5, 0.6) is 11.5 Å². The number of morpholine rings is 1. The van der Waals surface area contributed by atoms with Crippen LogP contribution in [0.2, 0.25) is 0 Å². The number of amides is 3. The second kappa shape index (κ2) is 12.1. The highest BCUT2D eigenvalue weighted by Gasteiger charge is 2.15. The highest BCUT2D eigenvalue weighted by molar-refractivity contribution is 5.74. The summed E-state index contributed by atoms with van der Waals surface area (Å²) in [5.74, 6) is 1.02. The molecule has 1 aliphatic heterocycles. The average Bonchev–Trinajstić information content (AvgIpc) is 2.73. The molecule has 0 unspecified atom stereocenters. The van der Waals surface area contributed by atoms with Crippen LogP contribution >= 0.6 is 0 Å². The van der Waals surface area contributed by atoms with Gasteiger partial charge in [0.2, 0.25) is 0 Å². The molecule has 1 fully saturated rings. The Morgan fingerprint density at radius 1 is 1.17 bits per heavy atom. The normalized spacial score (nSPS) is 14.8. The Morgan fingerprint density at radius 2 is 1.83 bits per heavy atom. The quantitative estimate of drug-likeness (QED) is 0.602. The SMILES string of the molecule is CN(C)C(=O)Oc1ccc(OC[C@@H](O)CCCCNC(=O)N2CCOCC2)cc1. The highest BCUT2D eigenvalue weighted by Crippen LogP contribution is 2.18. The molecular formula is C20H31N3O6. The molecule has 1 aliphatic rings. The number of ether oxygens (including phenoxy) is 3. The van der Waals surface area contributed by atoms with E-state index in [0.29, 0.717) is 50.8 Å². The summed E-state index contributed by atoms with van der Waals surface area (Å²) >= 11 is 0. The molecule has 0 spiro atoms. The fraction of sp³-hybridized carbons (Fsp3) is 0.600. The highest BCUT2D eigenvalue weighted by atomic mass is 16.6. The van der Waals surface area contributed by atoms with Crippen LogP contribution in [0.25, 0.3) is 0 Å². The molecule has 2 N–H and O–H groups in total. The number of rotatable bonds is 9. The van der Waals surface area contributed by atoms with E-state index in [2.05, 4.69) is 5.32 Å². The van der Waals surface area contributed by atoms with E-state index in [1.165, 1.54) is 4.90 Å². The zero-order valence-electron chi connectivity index (χ0n) is 17.1. The van der Waals surface area contributed by atoms with E-state index in [1.54, 1.807) is 43.3 Å². The molecule has 0 bridgehead atoms. The smallest absolute Gasteiger partial charge is 0.414 e. The number of benzene rings is 1. The van der Waals surface area contributed by atoms with Gasteiger partial charge in [-0.1, -0.05) is 0 Å².